The van der Waals surface area contributed by atoms with Crippen molar-refractivity contribution in [2.75, 3.05) is 25.4 Å². The number of carbonyl (C=O) groups excluding carboxylic acids is 1. The van der Waals surface area contributed by atoms with Crippen molar-refractivity contribution >= 4 is 15.9 Å². The van der Waals surface area contributed by atoms with Crippen molar-refractivity contribution in [3.63, 3.8) is 0 Å². The first kappa shape index (κ1) is 19.4. The maximum Gasteiger partial charge on any atom is 0.238 e. The summed E-state index contributed by atoms with van der Waals surface area (Å²) in [5.74, 6) is 0.452. The highest BCUT2D eigenvalue weighted by Crippen LogP contribution is 2.22. The van der Waals surface area contributed by atoms with E-state index in [0.717, 1.165) is 32.1 Å². The van der Waals surface area contributed by atoms with Crippen LogP contribution in [-0.2, 0) is 14.8 Å². The van der Waals surface area contributed by atoms with E-state index < -0.39 is 16.1 Å². The summed E-state index contributed by atoms with van der Waals surface area (Å²) >= 11 is 0. The predicted octanol–water partition coefficient (Wildman–Crippen LogP) is 1.07. The first-order valence-corrected chi connectivity index (χ1v) is 9.96. The van der Waals surface area contributed by atoms with Crippen molar-refractivity contribution in [1.29, 1.82) is 0 Å². The van der Waals surface area contributed by atoms with Crippen LogP contribution in [0.25, 0.3) is 0 Å². The number of amides is 1. The van der Waals surface area contributed by atoms with Crippen LogP contribution in [0, 0.1) is 5.92 Å². The minimum absolute atomic E-state index is 0.0814. The normalized spacial score (nSPS) is 21.4. The standard InChI is InChI=1S/C15H31N3O3S/c1-13(2)7-10-17-15(19)14-8-12-22(20,21)18(14)11-6-4-3-5-9-16/h13-14H,3-12,16H2,1-2H3,(H,17,19). The molecule has 1 heterocycles. The van der Waals surface area contributed by atoms with Gasteiger partial charge in [0, 0.05) is 13.1 Å². The van der Waals surface area contributed by atoms with Crippen molar-refractivity contribution < 1.29 is 13.2 Å². The lowest BCUT2D eigenvalue weighted by Gasteiger charge is -2.22. The van der Waals surface area contributed by atoms with Gasteiger partial charge in [0.25, 0.3) is 0 Å². The summed E-state index contributed by atoms with van der Waals surface area (Å²) in [6, 6.07) is -0.522. The predicted molar refractivity (Wildman–Crippen MR) is 88.9 cm³/mol. The SMILES string of the molecule is CC(C)CCNC(=O)C1CCS(=O)(=O)N1CCCCCCN. The lowest BCUT2D eigenvalue weighted by atomic mass is 10.1. The first-order chi connectivity index (χ1) is 10.4. The van der Waals surface area contributed by atoms with Crippen LogP contribution < -0.4 is 11.1 Å². The Kier molecular flexibility index (Phi) is 8.35. The quantitative estimate of drug-likeness (QED) is 0.585. The number of nitrogens with two attached hydrogens (primary N) is 1. The molecule has 1 amide bonds. The van der Waals surface area contributed by atoms with Crippen molar-refractivity contribution in [3.05, 3.63) is 0 Å². The number of hydrogen-bond acceptors (Lipinski definition) is 4. The Morgan fingerprint density at radius 3 is 2.59 bits per heavy atom. The van der Waals surface area contributed by atoms with E-state index in [1.165, 1.54) is 4.31 Å². The maximum atomic E-state index is 12.2. The molecule has 0 aromatic carbocycles. The molecule has 1 unspecified atom stereocenters. The molecule has 1 aliphatic rings. The number of unbranched alkanes of at least 4 members (excludes halogenated alkanes) is 3. The van der Waals surface area contributed by atoms with Gasteiger partial charge in [-0.15, -0.1) is 0 Å². The molecule has 1 aliphatic heterocycles. The van der Waals surface area contributed by atoms with E-state index in [9.17, 15) is 13.2 Å². The fraction of sp³-hybridized carbons (Fsp3) is 0.933. The average Bonchev–Trinajstić information content (AvgIpc) is 2.73. The van der Waals surface area contributed by atoms with Gasteiger partial charge in [0.2, 0.25) is 15.9 Å². The minimum Gasteiger partial charge on any atom is -0.355 e. The van der Waals surface area contributed by atoms with Crippen LogP contribution in [0.15, 0.2) is 0 Å². The molecule has 0 saturated carbocycles. The summed E-state index contributed by atoms with van der Waals surface area (Å²) < 4.78 is 25.6. The third-order valence-corrected chi connectivity index (χ3v) is 5.91. The molecule has 3 N–H and O–H groups in total. The fourth-order valence-electron chi connectivity index (χ4n) is 2.64. The van der Waals surface area contributed by atoms with Crippen LogP contribution in [0.4, 0.5) is 0 Å². The van der Waals surface area contributed by atoms with Crippen LogP contribution in [-0.4, -0.2) is 50.1 Å². The largest absolute Gasteiger partial charge is 0.355 e. The lowest BCUT2D eigenvalue weighted by Crippen LogP contribution is -2.45. The van der Waals surface area contributed by atoms with Crippen molar-refractivity contribution in [3.8, 4) is 0 Å². The smallest absolute Gasteiger partial charge is 0.238 e. The monoisotopic (exact) mass is 333 g/mol. The summed E-state index contributed by atoms with van der Waals surface area (Å²) in [5.41, 5.74) is 5.45. The summed E-state index contributed by atoms with van der Waals surface area (Å²) in [6.45, 7) is 5.91. The Hall–Kier alpha value is -0.660. The molecule has 130 valence electrons. The van der Waals surface area contributed by atoms with Gasteiger partial charge >= 0.3 is 0 Å². The van der Waals surface area contributed by atoms with Gasteiger partial charge in [0.1, 0.15) is 6.04 Å². The molecule has 1 saturated heterocycles. The zero-order valence-electron chi connectivity index (χ0n) is 13.9. The minimum atomic E-state index is -3.27. The molecular weight excluding hydrogens is 302 g/mol. The van der Waals surface area contributed by atoms with E-state index >= 15 is 0 Å². The number of nitrogens with one attached hydrogen (secondary N) is 1. The molecule has 1 atom stereocenters. The van der Waals surface area contributed by atoms with Crippen LogP contribution in [0.2, 0.25) is 0 Å². The van der Waals surface area contributed by atoms with Gasteiger partial charge in [-0.1, -0.05) is 26.7 Å². The molecular formula is C15H31N3O3S. The summed E-state index contributed by atoms with van der Waals surface area (Å²) in [4.78, 5) is 12.2. The number of carbonyl (C=O) groups is 1. The Balaban J connectivity index is 2.48. The molecule has 0 aromatic heterocycles. The molecule has 7 heteroatoms. The van der Waals surface area contributed by atoms with Crippen LogP contribution in [0.5, 0.6) is 0 Å². The van der Waals surface area contributed by atoms with Gasteiger partial charge in [-0.05, 0) is 38.1 Å². The van der Waals surface area contributed by atoms with Crippen molar-refractivity contribution in [2.24, 2.45) is 11.7 Å². The second-order valence-electron chi connectivity index (χ2n) is 6.41. The lowest BCUT2D eigenvalue weighted by molar-refractivity contribution is -0.124. The van der Waals surface area contributed by atoms with E-state index in [-0.39, 0.29) is 11.7 Å². The maximum absolute atomic E-state index is 12.2. The Morgan fingerprint density at radius 2 is 1.95 bits per heavy atom. The third-order valence-electron chi connectivity index (χ3n) is 4.01. The second kappa shape index (κ2) is 9.47. The molecule has 0 aliphatic carbocycles. The third kappa shape index (κ3) is 6.22. The van der Waals surface area contributed by atoms with Gasteiger partial charge in [0.15, 0.2) is 0 Å². The average molecular weight is 333 g/mol. The van der Waals surface area contributed by atoms with E-state index in [4.69, 9.17) is 5.73 Å². The number of sulfonamides is 1. The van der Waals surface area contributed by atoms with E-state index in [1.54, 1.807) is 0 Å². The summed E-state index contributed by atoms with van der Waals surface area (Å²) in [5, 5.41) is 2.87. The molecule has 0 spiro atoms. The van der Waals surface area contributed by atoms with Crippen molar-refractivity contribution in [2.45, 2.75) is 58.4 Å². The topological polar surface area (TPSA) is 92.5 Å². The number of rotatable bonds is 10. The highest BCUT2D eigenvalue weighted by atomic mass is 32.2. The highest BCUT2D eigenvalue weighted by molar-refractivity contribution is 7.89. The first-order valence-electron chi connectivity index (χ1n) is 8.35. The van der Waals surface area contributed by atoms with Gasteiger partial charge in [-0.2, -0.15) is 4.31 Å². The molecule has 1 fully saturated rings. The van der Waals surface area contributed by atoms with Gasteiger partial charge < -0.3 is 11.1 Å². The van der Waals surface area contributed by atoms with Crippen LogP contribution in [0.3, 0.4) is 0 Å². The Labute approximate surface area is 134 Å². The molecule has 6 nitrogen and oxygen atoms in total. The molecule has 0 radical (unpaired) electrons. The zero-order chi connectivity index (χ0) is 16.6. The Morgan fingerprint density at radius 1 is 1.27 bits per heavy atom. The highest BCUT2D eigenvalue weighted by Gasteiger charge is 2.40. The molecule has 0 bridgehead atoms. The van der Waals surface area contributed by atoms with Crippen molar-refractivity contribution in [1.82, 2.24) is 9.62 Å². The molecule has 22 heavy (non-hydrogen) atoms. The van der Waals surface area contributed by atoms with E-state index in [1.807, 2.05) is 0 Å². The van der Waals surface area contributed by atoms with E-state index in [0.29, 0.717) is 32.0 Å². The molecule has 0 aromatic rings. The van der Waals surface area contributed by atoms with Crippen LogP contribution >= 0.6 is 0 Å². The van der Waals surface area contributed by atoms with Gasteiger partial charge in [0.05, 0.1) is 5.75 Å². The number of hydrogen-bond donors (Lipinski definition) is 2. The summed E-state index contributed by atoms with van der Waals surface area (Å²) in [6.07, 6.45) is 5.02. The van der Waals surface area contributed by atoms with Crippen LogP contribution in [0.1, 0.15) is 52.4 Å². The summed E-state index contributed by atoms with van der Waals surface area (Å²) in [7, 11) is -3.27. The zero-order valence-corrected chi connectivity index (χ0v) is 14.7. The van der Waals surface area contributed by atoms with E-state index in [2.05, 4.69) is 19.2 Å². The number of nitrogens with zero attached hydrogens (tertiary/aromatic N) is 1. The second-order valence-corrected chi connectivity index (χ2v) is 8.45. The Bertz CT molecular complexity index is 437. The molecule has 1 rings (SSSR count). The van der Waals surface area contributed by atoms with Gasteiger partial charge in [-0.3, -0.25) is 4.79 Å². The fourth-order valence-corrected chi connectivity index (χ4v) is 4.39. The van der Waals surface area contributed by atoms with Gasteiger partial charge in [-0.25, -0.2) is 8.42 Å².